The van der Waals surface area contributed by atoms with E-state index in [1.165, 1.54) is 62.8 Å². The molecule has 3 aromatic carbocycles. The number of anilines is 1. The Morgan fingerprint density at radius 1 is 0.757 bits per heavy atom. The maximum Gasteiger partial charge on any atom is 0.349 e. The number of rotatable bonds is 10. The van der Waals surface area contributed by atoms with Gasteiger partial charge < -0.3 is 29.4 Å². The van der Waals surface area contributed by atoms with E-state index in [0.29, 0.717) is 11.5 Å². The van der Waals surface area contributed by atoms with Crippen LogP contribution in [0, 0.1) is 5.82 Å². The Kier molecular flexibility index (Phi) is 8.76. The van der Waals surface area contributed by atoms with Crippen LogP contribution in [0.1, 0.15) is 20.7 Å². The molecule has 0 saturated carbocycles. The Hall–Kier alpha value is -4.93. The predicted octanol–water partition coefficient (Wildman–Crippen LogP) is 3.32. The van der Waals surface area contributed by atoms with Gasteiger partial charge in [0, 0.05) is 5.69 Å². The van der Waals surface area contributed by atoms with Crippen molar-refractivity contribution in [3.05, 3.63) is 89.7 Å². The van der Waals surface area contributed by atoms with Crippen molar-refractivity contribution in [1.82, 2.24) is 0 Å². The number of carbonyl (C=O) groups excluding carboxylic acids is 3. The normalized spacial score (nSPS) is 12.0. The van der Waals surface area contributed by atoms with E-state index in [9.17, 15) is 28.7 Å². The van der Waals surface area contributed by atoms with Crippen LogP contribution in [0.15, 0.2) is 72.8 Å². The second-order valence-corrected chi connectivity index (χ2v) is 7.45. The van der Waals surface area contributed by atoms with Gasteiger partial charge in [0.2, 0.25) is 12.2 Å². The monoisotopic (exact) mass is 511 g/mol. The number of nitrogens with one attached hydrogen (secondary N) is 1. The lowest BCUT2D eigenvalue weighted by Crippen LogP contribution is -2.48. The first-order chi connectivity index (χ1) is 17.7. The van der Waals surface area contributed by atoms with Gasteiger partial charge in [-0.05, 0) is 60.7 Å². The lowest BCUT2D eigenvalue weighted by atomic mass is 10.1. The van der Waals surface area contributed by atoms with Gasteiger partial charge in [-0.2, -0.15) is 0 Å². The molecule has 0 aliphatic heterocycles. The number of carboxylic acid groups (broad SMARTS) is 1. The fourth-order valence-electron chi connectivity index (χ4n) is 3.11. The molecular formula is C26H22FNO9. The topological polar surface area (TPSA) is 137 Å². The van der Waals surface area contributed by atoms with Gasteiger partial charge in [-0.1, -0.05) is 12.1 Å². The van der Waals surface area contributed by atoms with Crippen LogP contribution in [0.25, 0.3) is 0 Å². The number of hydrogen-bond donors (Lipinski definition) is 2. The SMILES string of the molecule is COc1cccc(C(=O)O[C@H](C(=O)O)[C@@H](OC(=O)c2cccc(OC)c2)C(=O)Nc2ccc(F)cc2)c1. The van der Waals surface area contributed by atoms with Crippen LogP contribution in [0.2, 0.25) is 0 Å². The first-order valence-electron chi connectivity index (χ1n) is 10.7. The molecule has 0 heterocycles. The van der Waals surface area contributed by atoms with E-state index in [1.807, 2.05) is 0 Å². The van der Waals surface area contributed by atoms with Gasteiger partial charge in [0.05, 0.1) is 25.3 Å². The van der Waals surface area contributed by atoms with E-state index >= 15 is 0 Å². The van der Waals surface area contributed by atoms with E-state index in [2.05, 4.69) is 5.32 Å². The molecule has 0 radical (unpaired) electrons. The Morgan fingerprint density at radius 2 is 1.24 bits per heavy atom. The molecule has 3 rings (SSSR count). The number of amides is 1. The van der Waals surface area contributed by atoms with E-state index in [-0.39, 0.29) is 16.8 Å². The van der Waals surface area contributed by atoms with Gasteiger partial charge in [0.15, 0.2) is 0 Å². The fourth-order valence-corrected chi connectivity index (χ4v) is 3.11. The molecule has 0 aliphatic rings. The molecule has 192 valence electrons. The molecule has 0 saturated heterocycles. The second-order valence-electron chi connectivity index (χ2n) is 7.45. The van der Waals surface area contributed by atoms with Crippen LogP contribution in [0.4, 0.5) is 10.1 Å². The summed E-state index contributed by atoms with van der Waals surface area (Å²) in [5.74, 6) is -5.04. The van der Waals surface area contributed by atoms with Gasteiger partial charge in [-0.25, -0.2) is 18.8 Å². The second kappa shape index (κ2) is 12.2. The van der Waals surface area contributed by atoms with Crippen molar-refractivity contribution >= 4 is 29.5 Å². The molecule has 0 bridgehead atoms. The molecule has 0 aromatic heterocycles. The van der Waals surface area contributed by atoms with Crippen LogP contribution >= 0.6 is 0 Å². The molecule has 1 amide bonds. The number of carboxylic acids is 1. The number of aliphatic carboxylic acids is 1. The summed E-state index contributed by atoms with van der Waals surface area (Å²) in [7, 11) is 2.75. The minimum atomic E-state index is -2.24. The van der Waals surface area contributed by atoms with Crippen LogP contribution in [0.3, 0.4) is 0 Å². The smallest absolute Gasteiger partial charge is 0.349 e. The number of methoxy groups -OCH3 is 2. The average molecular weight is 511 g/mol. The highest BCUT2D eigenvalue weighted by molar-refractivity contribution is 6.01. The molecule has 10 nitrogen and oxygen atoms in total. The first-order valence-corrected chi connectivity index (χ1v) is 10.7. The molecule has 0 spiro atoms. The van der Waals surface area contributed by atoms with E-state index in [4.69, 9.17) is 18.9 Å². The zero-order valence-corrected chi connectivity index (χ0v) is 19.7. The summed E-state index contributed by atoms with van der Waals surface area (Å²) in [6.07, 6.45) is -4.37. The summed E-state index contributed by atoms with van der Waals surface area (Å²) in [5, 5.41) is 12.1. The van der Waals surface area contributed by atoms with Crippen LogP contribution in [0.5, 0.6) is 11.5 Å². The number of carbonyl (C=O) groups is 4. The highest BCUT2D eigenvalue weighted by Crippen LogP contribution is 2.20. The van der Waals surface area contributed by atoms with Gasteiger partial charge in [-0.15, -0.1) is 0 Å². The summed E-state index contributed by atoms with van der Waals surface area (Å²) in [5.41, 5.74) is -0.0401. The quantitative estimate of drug-likeness (QED) is 0.393. The van der Waals surface area contributed by atoms with Crippen molar-refractivity contribution in [1.29, 1.82) is 0 Å². The van der Waals surface area contributed by atoms with Gasteiger partial charge in [0.25, 0.3) is 5.91 Å². The lowest BCUT2D eigenvalue weighted by molar-refractivity contribution is -0.157. The number of ether oxygens (including phenoxy) is 4. The third kappa shape index (κ3) is 7.04. The third-order valence-electron chi connectivity index (χ3n) is 4.97. The molecular weight excluding hydrogens is 489 g/mol. The number of hydrogen-bond acceptors (Lipinski definition) is 8. The molecule has 0 unspecified atom stereocenters. The summed E-state index contributed by atoms with van der Waals surface area (Å²) >= 11 is 0. The highest BCUT2D eigenvalue weighted by atomic mass is 19.1. The van der Waals surface area contributed by atoms with Crippen molar-refractivity contribution in [2.24, 2.45) is 0 Å². The largest absolute Gasteiger partial charge is 0.497 e. The van der Waals surface area contributed by atoms with Crippen LogP contribution in [-0.4, -0.2) is 55.3 Å². The Balaban J connectivity index is 1.92. The van der Waals surface area contributed by atoms with Crippen molar-refractivity contribution in [2.75, 3.05) is 19.5 Å². The third-order valence-corrected chi connectivity index (χ3v) is 4.97. The van der Waals surface area contributed by atoms with Gasteiger partial charge in [-0.3, -0.25) is 4.79 Å². The number of benzene rings is 3. The summed E-state index contributed by atoms with van der Waals surface area (Å²) in [4.78, 5) is 50.7. The number of esters is 2. The van der Waals surface area contributed by atoms with Crippen molar-refractivity contribution in [2.45, 2.75) is 12.2 Å². The van der Waals surface area contributed by atoms with Crippen molar-refractivity contribution < 1.29 is 47.6 Å². The van der Waals surface area contributed by atoms with E-state index in [0.717, 1.165) is 12.1 Å². The molecule has 0 fully saturated rings. The predicted molar refractivity (Wildman–Crippen MR) is 127 cm³/mol. The van der Waals surface area contributed by atoms with Gasteiger partial charge in [0.1, 0.15) is 17.3 Å². The zero-order valence-electron chi connectivity index (χ0n) is 19.7. The fraction of sp³-hybridized carbons (Fsp3) is 0.154. The molecule has 3 aromatic rings. The van der Waals surface area contributed by atoms with Gasteiger partial charge >= 0.3 is 17.9 Å². The first kappa shape index (κ1) is 26.7. The van der Waals surface area contributed by atoms with Crippen molar-refractivity contribution in [3.8, 4) is 11.5 Å². The minimum absolute atomic E-state index is 0.0535. The Morgan fingerprint density at radius 3 is 1.70 bits per heavy atom. The Bertz CT molecular complexity index is 1290. The molecule has 37 heavy (non-hydrogen) atoms. The molecule has 11 heteroatoms. The summed E-state index contributed by atoms with van der Waals surface area (Å²) in [6, 6.07) is 16.0. The van der Waals surface area contributed by atoms with Crippen LogP contribution in [-0.2, 0) is 19.1 Å². The maximum atomic E-state index is 13.3. The standard InChI is InChI=1S/C26H22FNO9/c1-34-19-7-3-5-15(13-19)25(32)36-21(23(29)28-18-11-9-17(27)10-12-18)22(24(30)31)37-26(33)16-6-4-8-20(14-16)35-2/h3-14,21-22H,1-2H3,(H,28,29)(H,30,31)/t21-,22+/m1/s1. The average Bonchev–Trinajstić information content (AvgIpc) is 2.91. The molecule has 0 aliphatic carbocycles. The number of halogens is 1. The Labute approximate surface area is 210 Å². The summed E-state index contributed by atoms with van der Waals surface area (Å²) in [6.45, 7) is 0. The molecule has 2 N–H and O–H groups in total. The highest BCUT2D eigenvalue weighted by Gasteiger charge is 2.41. The lowest BCUT2D eigenvalue weighted by Gasteiger charge is -2.23. The molecule has 2 atom stereocenters. The zero-order chi connectivity index (χ0) is 26.9. The maximum absolute atomic E-state index is 13.3. The van der Waals surface area contributed by atoms with Crippen LogP contribution < -0.4 is 14.8 Å². The van der Waals surface area contributed by atoms with E-state index < -0.39 is 41.8 Å². The minimum Gasteiger partial charge on any atom is -0.497 e. The summed E-state index contributed by atoms with van der Waals surface area (Å²) < 4.78 is 33.7. The van der Waals surface area contributed by atoms with Crippen molar-refractivity contribution in [3.63, 3.8) is 0 Å². The van der Waals surface area contributed by atoms with E-state index in [1.54, 1.807) is 12.1 Å².